The standard InChI is InChI=1S/C31H46O4/c1-9-23(7)28(34)31-27(33)19-26(32)25(29(31)35)18-24(16-15-21(4)5)30(31,8)17-11-14-22(6)13-10-12-20(2)3/h12,14-15,19,23-25,33H,9-11,13,16-18H2,1-8H3. The minimum atomic E-state index is -1.65. The van der Waals surface area contributed by atoms with Gasteiger partial charge in [-0.05, 0) is 90.9 Å². The van der Waals surface area contributed by atoms with Gasteiger partial charge in [0.15, 0.2) is 22.8 Å². The Bertz CT molecular complexity index is 954. The van der Waals surface area contributed by atoms with Crippen LogP contribution in [-0.2, 0) is 14.4 Å². The first kappa shape index (κ1) is 29.0. The van der Waals surface area contributed by atoms with Crippen LogP contribution in [-0.4, -0.2) is 22.5 Å². The molecule has 5 atom stereocenters. The molecule has 0 aromatic carbocycles. The van der Waals surface area contributed by atoms with Gasteiger partial charge in [-0.1, -0.05) is 55.7 Å². The Morgan fingerprint density at radius 3 is 2.29 bits per heavy atom. The smallest absolute Gasteiger partial charge is 0.169 e. The Kier molecular flexibility index (Phi) is 9.67. The maximum Gasteiger partial charge on any atom is 0.169 e. The maximum absolute atomic E-state index is 14.0. The zero-order valence-corrected chi connectivity index (χ0v) is 23.2. The van der Waals surface area contributed by atoms with E-state index in [0.29, 0.717) is 25.7 Å². The number of hydrogen-bond acceptors (Lipinski definition) is 4. The highest BCUT2D eigenvalue weighted by Crippen LogP contribution is 2.62. The summed E-state index contributed by atoms with van der Waals surface area (Å²) in [4.78, 5) is 40.7. The first-order valence-electron chi connectivity index (χ1n) is 13.3. The van der Waals surface area contributed by atoms with Crippen LogP contribution in [0.15, 0.2) is 46.8 Å². The van der Waals surface area contributed by atoms with Crippen LogP contribution in [0, 0.1) is 28.6 Å². The quantitative estimate of drug-likeness (QED) is 0.242. The second-order valence-electron chi connectivity index (χ2n) is 11.5. The minimum absolute atomic E-state index is 0.0627. The van der Waals surface area contributed by atoms with Crippen LogP contribution in [0.25, 0.3) is 0 Å². The van der Waals surface area contributed by atoms with Crippen molar-refractivity contribution in [1.29, 1.82) is 0 Å². The van der Waals surface area contributed by atoms with Gasteiger partial charge in [-0.15, -0.1) is 0 Å². The third-order valence-electron chi connectivity index (χ3n) is 8.46. The number of aliphatic hydroxyl groups is 1. The summed E-state index contributed by atoms with van der Waals surface area (Å²) in [5.74, 6) is -2.60. The van der Waals surface area contributed by atoms with Crippen molar-refractivity contribution in [2.45, 2.75) is 100 Å². The fraction of sp³-hybridized carbons (Fsp3) is 0.645. The number of ketones is 3. The topological polar surface area (TPSA) is 71.4 Å². The number of Topliss-reactive ketones (excluding diaryl/α,β-unsaturated/α-hetero) is 2. The molecule has 0 spiro atoms. The minimum Gasteiger partial charge on any atom is -0.511 e. The molecule has 4 nitrogen and oxygen atoms in total. The maximum atomic E-state index is 14.0. The predicted octanol–water partition coefficient (Wildman–Crippen LogP) is 7.65. The zero-order valence-electron chi connectivity index (χ0n) is 23.2. The molecule has 1 fully saturated rings. The average Bonchev–Trinajstić information content (AvgIpc) is 2.76. The molecule has 2 bridgehead atoms. The van der Waals surface area contributed by atoms with Crippen molar-refractivity contribution in [2.75, 3.05) is 0 Å². The lowest BCUT2D eigenvalue weighted by molar-refractivity contribution is -0.169. The molecule has 2 rings (SSSR count). The van der Waals surface area contributed by atoms with E-state index in [1.165, 1.54) is 17.2 Å². The fourth-order valence-corrected chi connectivity index (χ4v) is 6.03. The highest BCUT2D eigenvalue weighted by molar-refractivity contribution is 6.23. The van der Waals surface area contributed by atoms with Crippen molar-refractivity contribution < 1.29 is 19.5 Å². The second kappa shape index (κ2) is 11.7. The third-order valence-corrected chi connectivity index (χ3v) is 8.46. The van der Waals surface area contributed by atoms with Gasteiger partial charge in [0, 0.05) is 12.0 Å². The van der Waals surface area contributed by atoms with E-state index in [2.05, 4.69) is 39.0 Å². The molecule has 0 aromatic rings. The molecule has 0 amide bonds. The van der Waals surface area contributed by atoms with Crippen molar-refractivity contribution in [2.24, 2.45) is 28.6 Å². The lowest BCUT2D eigenvalue weighted by Crippen LogP contribution is -2.65. The van der Waals surface area contributed by atoms with Gasteiger partial charge in [-0.25, -0.2) is 0 Å². The molecule has 1 saturated carbocycles. The lowest BCUT2D eigenvalue weighted by atomic mass is 9.43. The number of hydrogen-bond donors (Lipinski definition) is 1. The number of fused-ring (bicyclic) bond motifs is 2. The summed E-state index contributed by atoms with van der Waals surface area (Å²) in [6.07, 6.45) is 12.8. The third kappa shape index (κ3) is 5.62. The molecule has 0 radical (unpaired) electrons. The number of rotatable bonds is 11. The van der Waals surface area contributed by atoms with Crippen LogP contribution in [0.3, 0.4) is 0 Å². The Labute approximate surface area is 212 Å². The molecule has 0 heterocycles. The Hall–Kier alpha value is -2.23. The Balaban J connectivity index is 2.58. The second-order valence-corrected chi connectivity index (χ2v) is 11.5. The summed E-state index contributed by atoms with van der Waals surface area (Å²) in [5, 5.41) is 11.3. The first-order valence-corrected chi connectivity index (χ1v) is 13.3. The van der Waals surface area contributed by atoms with E-state index in [1.807, 2.05) is 34.6 Å². The summed E-state index contributed by atoms with van der Waals surface area (Å²) >= 11 is 0. The molecule has 4 heteroatoms. The number of carbonyl (C=O) groups is 3. The molecule has 0 aromatic heterocycles. The molecule has 194 valence electrons. The van der Waals surface area contributed by atoms with Gasteiger partial charge in [0.25, 0.3) is 0 Å². The molecule has 2 aliphatic carbocycles. The fourth-order valence-electron chi connectivity index (χ4n) is 6.03. The van der Waals surface area contributed by atoms with E-state index < -0.39 is 16.7 Å². The van der Waals surface area contributed by atoms with Crippen LogP contribution in [0.1, 0.15) is 100 Å². The number of aliphatic hydroxyl groups excluding tert-OH is 1. The van der Waals surface area contributed by atoms with Crippen molar-refractivity contribution in [1.82, 2.24) is 0 Å². The summed E-state index contributed by atoms with van der Waals surface area (Å²) in [6.45, 7) is 16.2. The first-order chi connectivity index (χ1) is 16.3. The van der Waals surface area contributed by atoms with Gasteiger partial charge >= 0.3 is 0 Å². The molecular weight excluding hydrogens is 436 g/mol. The predicted molar refractivity (Wildman–Crippen MR) is 143 cm³/mol. The largest absolute Gasteiger partial charge is 0.511 e. The highest BCUT2D eigenvalue weighted by atomic mass is 16.3. The van der Waals surface area contributed by atoms with Crippen molar-refractivity contribution >= 4 is 17.3 Å². The molecule has 5 unspecified atom stereocenters. The zero-order chi connectivity index (χ0) is 26.6. The van der Waals surface area contributed by atoms with Crippen LogP contribution in [0.4, 0.5) is 0 Å². The van der Waals surface area contributed by atoms with Crippen LogP contribution in [0.5, 0.6) is 0 Å². The van der Waals surface area contributed by atoms with Gasteiger partial charge in [-0.3, -0.25) is 14.4 Å². The summed E-state index contributed by atoms with van der Waals surface area (Å²) in [5.41, 5.74) is 1.32. The average molecular weight is 483 g/mol. The van der Waals surface area contributed by atoms with Crippen molar-refractivity contribution in [3.63, 3.8) is 0 Å². The van der Waals surface area contributed by atoms with Gasteiger partial charge in [0.2, 0.25) is 0 Å². The van der Waals surface area contributed by atoms with E-state index in [1.54, 1.807) is 0 Å². The number of carbonyl (C=O) groups excluding carboxylic acids is 3. The Morgan fingerprint density at radius 2 is 1.71 bits per heavy atom. The van der Waals surface area contributed by atoms with Crippen LogP contribution < -0.4 is 0 Å². The van der Waals surface area contributed by atoms with Crippen molar-refractivity contribution in [3.8, 4) is 0 Å². The van der Waals surface area contributed by atoms with Gasteiger partial charge in [0.1, 0.15) is 5.76 Å². The van der Waals surface area contributed by atoms with Crippen LogP contribution >= 0.6 is 0 Å². The molecule has 1 N–H and O–H groups in total. The van der Waals surface area contributed by atoms with Crippen LogP contribution in [0.2, 0.25) is 0 Å². The van der Waals surface area contributed by atoms with Gasteiger partial charge in [0.05, 0.1) is 5.92 Å². The van der Waals surface area contributed by atoms with E-state index in [0.717, 1.165) is 24.8 Å². The highest BCUT2D eigenvalue weighted by Gasteiger charge is 2.70. The van der Waals surface area contributed by atoms with Gasteiger partial charge < -0.3 is 5.11 Å². The van der Waals surface area contributed by atoms with E-state index >= 15 is 0 Å². The molecule has 2 aliphatic rings. The van der Waals surface area contributed by atoms with E-state index in [-0.39, 0.29) is 34.9 Å². The molecule has 0 saturated heterocycles. The summed E-state index contributed by atoms with van der Waals surface area (Å²) in [6, 6.07) is 0. The van der Waals surface area contributed by atoms with Crippen molar-refractivity contribution in [3.05, 3.63) is 46.8 Å². The van der Waals surface area contributed by atoms with Gasteiger partial charge in [-0.2, -0.15) is 0 Å². The number of allylic oxidation sites excluding steroid dienone is 8. The Morgan fingerprint density at radius 1 is 1.09 bits per heavy atom. The normalized spacial score (nSPS) is 29.4. The SMILES string of the molecule is CCC(C)C(=O)C12C(=O)C(CC(CC=C(C)C)C1(C)CCC=C(C)CCC=C(C)C)C(=O)C=C2O. The molecule has 0 aliphatic heterocycles. The molecule has 35 heavy (non-hydrogen) atoms. The lowest BCUT2D eigenvalue weighted by Gasteiger charge is -2.57. The van der Waals surface area contributed by atoms with E-state index in [4.69, 9.17) is 0 Å². The summed E-state index contributed by atoms with van der Waals surface area (Å²) < 4.78 is 0. The van der Waals surface area contributed by atoms with E-state index in [9.17, 15) is 19.5 Å². The monoisotopic (exact) mass is 482 g/mol. The molecular formula is C31H46O4. The summed E-state index contributed by atoms with van der Waals surface area (Å²) in [7, 11) is 0.